The van der Waals surface area contributed by atoms with Crippen LogP contribution in [0.1, 0.15) is 33.1 Å². The van der Waals surface area contributed by atoms with Gasteiger partial charge in [-0.15, -0.1) is 0 Å². The summed E-state index contributed by atoms with van der Waals surface area (Å²) in [7, 11) is 0. The van der Waals surface area contributed by atoms with Gasteiger partial charge in [-0.25, -0.2) is 0 Å². The number of carboxylic acid groups (broad SMARTS) is 1. The normalized spacial score (nSPS) is 12.1. The van der Waals surface area contributed by atoms with Crippen molar-refractivity contribution in [2.75, 3.05) is 13.1 Å². The van der Waals surface area contributed by atoms with Gasteiger partial charge < -0.3 is 15.2 Å². The minimum atomic E-state index is -0.843. The molecule has 0 aliphatic carbocycles. The predicted octanol–water partition coefficient (Wildman–Crippen LogP) is 0.782. The number of hydrogen-bond donors (Lipinski definition) is 2. The molecule has 0 rings (SSSR count). The third-order valence-electron chi connectivity index (χ3n) is 1.93. The van der Waals surface area contributed by atoms with Crippen molar-refractivity contribution in [1.29, 1.82) is 0 Å². The van der Waals surface area contributed by atoms with Crippen LogP contribution in [0.2, 0.25) is 0 Å². The zero-order chi connectivity index (χ0) is 11.7. The van der Waals surface area contributed by atoms with Crippen molar-refractivity contribution >= 4 is 11.9 Å². The average Bonchev–Trinajstić information content (AvgIpc) is 2.16. The average molecular weight is 217 g/mol. The Balaban J connectivity index is 3.35. The summed E-state index contributed by atoms with van der Waals surface area (Å²) in [5.74, 6) is -1.09. The first-order valence-electron chi connectivity index (χ1n) is 5.18. The van der Waals surface area contributed by atoms with E-state index in [-0.39, 0.29) is 24.9 Å². The highest BCUT2D eigenvalue weighted by Crippen LogP contribution is 1.97. The fourth-order valence-electron chi connectivity index (χ4n) is 0.877. The number of ether oxygens (including phenoxy) is 1. The fraction of sp³-hybridized carbons (Fsp3) is 0.800. The maximum absolute atomic E-state index is 11.1. The summed E-state index contributed by atoms with van der Waals surface area (Å²) < 4.78 is 5.03. The molecule has 1 unspecified atom stereocenters. The van der Waals surface area contributed by atoms with E-state index < -0.39 is 5.97 Å². The van der Waals surface area contributed by atoms with Gasteiger partial charge in [0.1, 0.15) is 0 Å². The zero-order valence-corrected chi connectivity index (χ0v) is 9.28. The molecule has 88 valence electrons. The maximum atomic E-state index is 11.1. The van der Waals surface area contributed by atoms with Crippen molar-refractivity contribution in [3.63, 3.8) is 0 Å². The van der Waals surface area contributed by atoms with E-state index in [1.54, 1.807) is 0 Å². The first kappa shape index (κ1) is 13.9. The molecule has 5 heteroatoms. The molecule has 0 aliphatic rings. The number of aliphatic carboxylic acids is 1. The summed E-state index contributed by atoms with van der Waals surface area (Å²) in [4.78, 5) is 21.3. The SMILES string of the molecule is CCC(C)OC(=O)CCNCCC(=O)O. The molecule has 0 saturated carbocycles. The van der Waals surface area contributed by atoms with Crippen LogP contribution in [0.3, 0.4) is 0 Å². The topological polar surface area (TPSA) is 75.6 Å². The summed E-state index contributed by atoms with van der Waals surface area (Å²) >= 11 is 0. The van der Waals surface area contributed by atoms with Crippen LogP contribution in [0.5, 0.6) is 0 Å². The van der Waals surface area contributed by atoms with Gasteiger partial charge in [0.05, 0.1) is 18.9 Å². The number of carboxylic acids is 1. The molecule has 2 N–H and O–H groups in total. The summed E-state index contributed by atoms with van der Waals surface area (Å²) in [6.07, 6.45) is 1.11. The summed E-state index contributed by atoms with van der Waals surface area (Å²) in [5, 5.41) is 11.2. The number of nitrogens with one attached hydrogen (secondary N) is 1. The summed E-state index contributed by atoms with van der Waals surface area (Å²) in [6, 6.07) is 0. The van der Waals surface area contributed by atoms with Gasteiger partial charge in [0.2, 0.25) is 0 Å². The molecule has 0 radical (unpaired) electrons. The standard InChI is InChI=1S/C10H19NO4/c1-3-8(2)15-10(14)5-7-11-6-4-9(12)13/h8,11H,3-7H2,1-2H3,(H,12,13). The van der Waals surface area contributed by atoms with E-state index in [9.17, 15) is 9.59 Å². The van der Waals surface area contributed by atoms with Gasteiger partial charge in [0, 0.05) is 13.1 Å². The van der Waals surface area contributed by atoms with Crippen LogP contribution in [-0.4, -0.2) is 36.2 Å². The first-order chi connectivity index (χ1) is 7.06. The Morgan fingerprint density at radius 2 is 1.93 bits per heavy atom. The second-order valence-electron chi connectivity index (χ2n) is 3.35. The van der Waals surface area contributed by atoms with Crippen LogP contribution in [0.25, 0.3) is 0 Å². The monoisotopic (exact) mass is 217 g/mol. The molecule has 15 heavy (non-hydrogen) atoms. The molecule has 0 fully saturated rings. The van der Waals surface area contributed by atoms with Gasteiger partial charge in [0.15, 0.2) is 0 Å². The van der Waals surface area contributed by atoms with Crippen molar-refractivity contribution in [2.45, 2.75) is 39.2 Å². The number of esters is 1. The van der Waals surface area contributed by atoms with Gasteiger partial charge in [-0.2, -0.15) is 0 Å². The highest BCUT2D eigenvalue weighted by atomic mass is 16.5. The van der Waals surface area contributed by atoms with Crippen LogP contribution < -0.4 is 5.32 Å². The van der Waals surface area contributed by atoms with E-state index in [2.05, 4.69) is 5.32 Å². The van der Waals surface area contributed by atoms with Crippen molar-refractivity contribution in [3.8, 4) is 0 Å². The number of carbonyl (C=O) groups is 2. The highest BCUT2D eigenvalue weighted by molar-refractivity contribution is 5.69. The lowest BCUT2D eigenvalue weighted by molar-refractivity contribution is -0.148. The molecule has 1 atom stereocenters. The first-order valence-corrected chi connectivity index (χ1v) is 5.18. The van der Waals surface area contributed by atoms with Crippen LogP contribution in [0.4, 0.5) is 0 Å². The highest BCUT2D eigenvalue weighted by Gasteiger charge is 2.06. The van der Waals surface area contributed by atoms with Crippen LogP contribution in [-0.2, 0) is 14.3 Å². The zero-order valence-electron chi connectivity index (χ0n) is 9.28. The third kappa shape index (κ3) is 9.21. The molecule has 0 bridgehead atoms. The molecular weight excluding hydrogens is 198 g/mol. The number of carbonyl (C=O) groups excluding carboxylic acids is 1. The quantitative estimate of drug-likeness (QED) is 0.464. The van der Waals surface area contributed by atoms with Crippen LogP contribution in [0, 0.1) is 0 Å². The molecule has 0 heterocycles. The van der Waals surface area contributed by atoms with Gasteiger partial charge in [-0.05, 0) is 13.3 Å². The molecule has 0 saturated heterocycles. The summed E-state index contributed by atoms with van der Waals surface area (Å²) in [6.45, 7) is 4.63. The second kappa shape index (κ2) is 8.23. The van der Waals surface area contributed by atoms with Crippen LogP contribution >= 0.6 is 0 Å². The Labute approximate surface area is 89.8 Å². The Hall–Kier alpha value is -1.10. The molecule has 0 aliphatic heterocycles. The second-order valence-corrected chi connectivity index (χ2v) is 3.35. The number of rotatable bonds is 8. The Morgan fingerprint density at radius 1 is 1.33 bits per heavy atom. The van der Waals surface area contributed by atoms with Gasteiger partial charge in [0.25, 0.3) is 0 Å². The van der Waals surface area contributed by atoms with Crippen molar-refractivity contribution in [3.05, 3.63) is 0 Å². The Morgan fingerprint density at radius 3 is 2.47 bits per heavy atom. The van der Waals surface area contributed by atoms with Crippen molar-refractivity contribution in [2.24, 2.45) is 0 Å². The summed E-state index contributed by atoms with van der Waals surface area (Å²) in [5.41, 5.74) is 0. The number of hydrogen-bond acceptors (Lipinski definition) is 4. The van der Waals surface area contributed by atoms with E-state index in [1.165, 1.54) is 0 Å². The smallest absolute Gasteiger partial charge is 0.307 e. The minimum Gasteiger partial charge on any atom is -0.481 e. The maximum Gasteiger partial charge on any atom is 0.307 e. The molecule has 0 aromatic carbocycles. The molecule has 0 aromatic rings. The minimum absolute atomic E-state index is 0.0449. The largest absolute Gasteiger partial charge is 0.481 e. The lowest BCUT2D eigenvalue weighted by Gasteiger charge is -2.10. The molecule has 0 amide bonds. The fourth-order valence-corrected chi connectivity index (χ4v) is 0.877. The molecular formula is C10H19NO4. The lowest BCUT2D eigenvalue weighted by Crippen LogP contribution is -2.23. The molecule has 0 spiro atoms. The van der Waals surface area contributed by atoms with E-state index in [0.717, 1.165) is 6.42 Å². The van der Waals surface area contributed by atoms with Gasteiger partial charge >= 0.3 is 11.9 Å². The predicted molar refractivity (Wildman–Crippen MR) is 55.6 cm³/mol. The van der Waals surface area contributed by atoms with Crippen molar-refractivity contribution < 1.29 is 19.4 Å². The van der Waals surface area contributed by atoms with E-state index in [1.807, 2.05) is 13.8 Å². The van der Waals surface area contributed by atoms with Gasteiger partial charge in [-0.3, -0.25) is 9.59 Å². The molecule has 0 aromatic heterocycles. The Bertz CT molecular complexity index is 206. The molecule has 5 nitrogen and oxygen atoms in total. The van der Waals surface area contributed by atoms with Gasteiger partial charge in [-0.1, -0.05) is 6.92 Å². The van der Waals surface area contributed by atoms with Crippen molar-refractivity contribution in [1.82, 2.24) is 5.32 Å². The van der Waals surface area contributed by atoms with Crippen LogP contribution in [0.15, 0.2) is 0 Å². The van der Waals surface area contributed by atoms with E-state index >= 15 is 0 Å². The Kier molecular flexibility index (Phi) is 7.62. The third-order valence-corrected chi connectivity index (χ3v) is 1.93. The van der Waals surface area contributed by atoms with E-state index in [4.69, 9.17) is 9.84 Å². The lowest BCUT2D eigenvalue weighted by atomic mass is 10.3. The van der Waals surface area contributed by atoms with E-state index in [0.29, 0.717) is 13.1 Å².